The average Bonchev–Trinajstić information content (AvgIpc) is 2.93. The Morgan fingerprint density at radius 3 is 2.84 bits per heavy atom. The molecule has 1 aliphatic heterocycles. The number of halogens is 2. The molecule has 1 saturated heterocycles. The third kappa shape index (κ3) is 2.24. The first-order valence-corrected chi connectivity index (χ1v) is 7.38. The molecule has 0 spiro atoms. The van der Waals surface area contributed by atoms with E-state index >= 15 is 0 Å². The topological polar surface area (TPSA) is 21.1 Å². The first-order valence-electron chi connectivity index (χ1n) is 6.57. The number of hydrogen-bond donors (Lipinski definition) is 0. The quantitative estimate of drug-likeness (QED) is 0.785. The number of alkyl halides is 1. The maximum Gasteiger partial charge on any atom is 0.128 e. The summed E-state index contributed by atoms with van der Waals surface area (Å²) in [5.41, 5.74) is 1.96. The van der Waals surface area contributed by atoms with Crippen molar-refractivity contribution in [2.75, 3.05) is 20.1 Å². The van der Waals surface area contributed by atoms with E-state index in [0.29, 0.717) is 11.1 Å². The van der Waals surface area contributed by atoms with Gasteiger partial charge >= 0.3 is 0 Å². The highest BCUT2D eigenvalue weighted by Gasteiger charge is 2.27. The molecule has 2 unspecified atom stereocenters. The minimum Gasteiger partial charge on any atom is -0.322 e. The Balaban J connectivity index is 2.20. The highest BCUT2D eigenvalue weighted by atomic mass is 35.5. The molecule has 0 radical (unpaired) electrons. The molecule has 19 heavy (non-hydrogen) atoms. The first-order chi connectivity index (χ1) is 9.08. The smallest absolute Gasteiger partial charge is 0.128 e. The second-order valence-electron chi connectivity index (χ2n) is 5.27. The van der Waals surface area contributed by atoms with Crippen LogP contribution in [0.4, 0.5) is 0 Å². The van der Waals surface area contributed by atoms with Gasteiger partial charge in [-0.15, -0.1) is 11.6 Å². The predicted molar refractivity (Wildman–Crippen MR) is 80.2 cm³/mol. The van der Waals surface area contributed by atoms with Crippen molar-refractivity contribution >= 4 is 34.2 Å². The Hall–Kier alpha value is -0.770. The van der Waals surface area contributed by atoms with Crippen LogP contribution >= 0.6 is 23.2 Å². The van der Waals surface area contributed by atoms with Gasteiger partial charge in [-0.05, 0) is 39.1 Å². The molecule has 1 aromatic heterocycles. The molecular formula is C14H17Cl2N3. The van der Waals surface area contributed by atoms with Crippen LogP contribution in [0.3, 0.4) is 0 Å². The molecule has 2 heterocycles. The van der Waals surface area contributed by atoms with Crippen molar-refractivity contribution in [1.29, 1.82) is 0 Å². The average molecular weight is 298 g/mol. The van der Waals surface area contributed by atoms with Crippen molar-refractivity contribution in [2.24, 2.45) is 0 Å². The maximum absolute atomic E-state index is 6.31. The van der Waals surface area contributed by atoms with E-state index in [-0.39, 0.29) is 5.38 Å². The lowest BCUT2D eigenvalue weighted by Gasteiger charge is -2.17. The number of likely N-dealkylation sites (N-methyl/N-ethyl adjacent to an activating group) is 1. The van der Waals surface area contributed by atoms with E-state index in [2.05, 4.69) is 27.6 Å². The molecule has 102 valence electrons. The molecule has 1 aliphatic rings. The van der Waals surface area contributed by atoms with E-state index in [9.17, 15) is 0 Å². The zero-order valence-corrected chi connectivity index (χ0v) is 12.6. The van der Waals surface area contributed by atoms with Crippen LogP contribution in [0.2, 0.25) is 5.02 Å². The van der Waals surface area contributed by atoms with Gasteiger partial charge in [0.1, 0.15) is 11.3 Å². The SMILES string of the molecule is CC(Cl)c1nc2c(Cl)cccc2n1C1CCN(C)C1. The van der Waals surface area contributed by atoms with Gasteiger partial charge in [-0.2, -0.15) is 0 Å². The lowest BCUT2D eigenvalue weighted by Crippen LogP contribution is -2.18. The monoisotopic (exact) mass is 297 g/mol. The molecule has 2 aromatic rings. The molecule has 2 atom stereocenters. The Morgan fingerprint density at radius 2 is 2.21 bits per heavy atom. The summed E-state index contributed by atoms with van der Waals surface area (Å²) in [6, 6.07) is 6.37. The van der Waals surface area contributed by atoms with Gasteiger partial charge in [0.05, 0.1) is 15.9 Å². The number of benzene rings is 1. The van der Waals surface area contributed by atoms with Crippen LogP contribution in [0.1, 0.15) is 30.6 Å². The van der Waals surface area contributed by atoms with Gasteiger partial charge in [-0.25, -0.2) is 4.98 Å². The number of imidazole rings is 1. The standard InChI is InChI=1S/C14H17Cl2N3/c1-9(15)14-17-13-11(16)4-3-5-12(13)19(14)10-6-7-18(2)8-10/h3-5,9-10H,6-8H2,1-2H3. The molecule has 1 fully saturated rings. The first kappa shape index (κ1) is 13.2. The van der Waals surface area contributed by atoms with Crippen LogP contribution in [-0.2, 0) is 0 Å². The van der Waals surface area contributed by atoms with Crippen molar-refractivity contribution in [3.8, 4) is 0 Å². The van der Waals surface area contributed by atoms with Crippen LogP contribution in [0, 0.1) is 0 Å². The zero-order valence-electron chi connectivity index (χ0n) is 11.1. The van der Waals surface area contributed by atoms with Crippen LogP contribution < -0.4 is 0 Å². The Bertz CT molecular complexity index is 606. The summed E-state index contributed by atoms with van der Waals surface area (Å²) in [6.45, 7) is 4.11. The van der Waals surface area contributed by atoms with Crippen molar-refractivity contribution in [1.82, 2.24) is 14.5 Å². The third-order valence-electron chi connectivity index (χ3n) is 3.79. The molecule has 0 amide bonds. The van der Waals surface area contributed by atoms with Gasteiger partial charge in [-0.3, -0.25) is 0 Å². The molecule has 0 N–H and O–H groups in total. The Labute approximate surface area is 123 Å². The van der Waals surface area contributed by atoms with Crippen molar-refractivity contribution < 1.29 is 0 Å². The number of rotatable bonds is 2. The summed E-state index contributed by atoms with van der Waals surface area (Å²) in [6.07, 6.45) is 1.13. The number of aromatic nitrogens is 2. The van der Waals surface area contributed by atoms with Crippen LogP contribution in [-0.4, -0.2) is 34.6 Å². The van der Waals surface area contributed by atoms with Gasteiger partial charge in [0.25, 0.3) is 0 Å². The molecule has 1 aromatic carbocycles. The lowest BCUT2D eigenvalue weighted by molar-refractivity contribution is 0.392. The number of para-hydroxylation sites is 1. The number of fused-ring (bicyclic) bond motifs is 1. The lowest BCUT2D eigenvalue weighted by atomic mass is 10.2. The van der Waals surface area contributed by atoms with Crippen LogP contribution in [0.25, 0.3) is 11.0 Å². The second kappa shape index (κ2) is 4.97. The van der Waals surface area contributed by atoms with Gasteiger partial charge in [0, 0.05) is 12.6 Å². The summed E-state index contributed by atoms with van der Waals surface area (Å²) in [5.74, 6) is 0.921. The predicted octanol–water partition coefficient (Wildman–Crippen LogP) is 3.87. The largest absolute Gasteiger partial charge is 0.322 e. The molecule has 5 heteroatoms. The highest BCUT2D eigenvalue weighted by Crippen LogP contribution is 2.34. The molecule has 0 bridgehead atoms. The maximum atomic E-state index is 6.31. The molecule has 0 saturated carbocycles. The van der Waals surface area contributed by atoms with Crippen molar-refractivity contribution in [2.45, 2.75) is 24.8 Å². The van der Waals surface area contributed by atoms with Crippen LogP contribution in [0.5, 0.6) is 0 Å². The summed E-state index contributed by atoms with van der Waals surface area (Å²) >= 11 is 12.6. The van der Waals surface area contributed by atoms with E-state index in [0.717, 1.165) is 36.4 Å². The summed E-state index contributed by atoms with van der Waals surface area (Å²) in [4.78, 5) is 7.00. The number of nitrogens with zero attached hydrogens (tertiary/aromatic N) is 3. The highest BCUT2D eigenvalue weighted by molar-refractivity contribution is 6.35. The van der Waals surface area contributed by atoms with Crippen LogP contribution in [0.15, 0.2) is 18.2 Å². The van der Waals surface area contributed by atoms with E-state index < -0.39 is 0 Å². The second-order valence-corrected chi connectivity index (χ2v) is 6.33. The van der Waals surface area contributed by atoms with E-state index in [1.807, 2.05) is 19.1 Å². The fraction of sp³-hybridized carbons (Fsp3) is 0.500. The van der Waals surface area contributed by atoms with Gasteiger partial charge in [0.15, 0.2) is 0 Å². The molecular weight excluding hydrogens is 281 g/mol. The third-order valence-corrected chi connectivity index (χ3v) is 4.29. The minimum absolute atomic E-state index is 0.116. The minimum atomic E-state index is -0.116. The van der Waals surface area contributed by atoms with Gasteiger partial charge < -0.3 is 9.47 Å². The normalized spacial score (nSPS) is 22.2. The fourth-order valence-electron chi connectivity index (χ4n) is 2.89. The van der Waals surface area contributed by atoms with E-state index in [1.165, 1.54) is 0 Å². The van der Waals surface area contributed by atoms with Gasteiger partial charge in [0.2, 0.25) is 0 Å². The number of likely N-dealkylation sites (tertiary alicyclic amines) is 1. The van der Waals surface area contributed by atoms with E-state index in [4.69, 9.17) is 23.2 Å². The molecule has 3 nitrogen and oxygen atoms in total. The van der Waals surface area contributed by atoms with Crippen molar-refractivity contribution in [3.63, 3.8) is 0 Å². The van der Waals surface area contributed by atoms with E-state index in [1.54, 1.807) is 0 Å². The molecule has 3 rings (SSSR count). The number of hydrogen-bond acceptors (Lipinski definition) is 2. The Kier molecular flexibility index (Phi) is 3.46. The summed E-state index contributed by atoms with van der Waals surface area (Å²) in [5, 5.41) is 0.579. The summed E-state index contributed by atoms with van der Waals surface area (Å²) in [7, 11) is 2.15. The Morgan fingerprint density at radius 1 is 1.42 bits per heavy atom. The molecule has 0 aliphatic carbocycles. The van der Waals surface area contributed by atoms with Crippen molar-refractivity contribution in [3.05, 3.63) is 29.0 Å². The summed E-state index contributed by atoms with van der Waals surface area (Å²) < 4.78 is 2.28. The zero-order chi connectivity index (χ0) is 13.6. The van der Waals surface area contributed by atoms with Gasteiger partial charge in [-0.1, -0.05) is 17.7 Å². The fourth-order valence-corrected chi connectivity index (χ4v) is 3.25.